The summed E-state index contributed by atoms with van der Waals surface area (Å²) in [6.07, 6.45) is 5.04. The fraction of sp³-hybridized carbons (Fsp3) is 0.773. The third-order valence-electron chi connectivity index (χ3n) is 6.94. The average Bonchev–Trinajstić information content (AvgIpc) is 2.58. The standard InChI is InChI=1S/C22H36N4O/c1-14-9-18-12-22(23,10-14)11-15(2)21(18)25-19-5-6-20(24-17(19)4)26-7-8-27-16(3)13-26/h5-6,14-16,18,21,25H,7-13,23H2,1-4H3. The minimum atomic E-state index is 0.0596. The van der Waals surface area contributed by atoms with Gasteiger partial charge in [-0.05, 0) is 69.4 Å². The quantitative estimate of drug-likeness (QED) is 0.849. The number of ether oxygens (including phenoxy) is 1. The molecule has 6 atom stereocenters. The van der Waals surface area contributed by atoms with Gasteiger partial charge in [-0.1, -0.05) is 13.8 Å². The fourth-order valence-electron chi connectivity index (χ4n) is 6.00. The molecule has 1 saturated heterocycles. The second-order valence-corrected chi connectivity index (χ2v) is 9.65. The molecule has 3 N–H and O–H groups in total. The molecule has 0 radical (unpaired) electrons. The highest BCUT2D eigenvalue weighted by atomic mass is 16.5. The van der Waals surface area contributed by atoms with Gasteiger partial charge in [-0.25, -0.2) is 4.98 Å². The van der Waals surface area contributed by atoms with Crippen LogP contribution in [0.1, 0.15) is 52.1 Å². The van der Waals surface area contributed by atoms with Crippen molar-refractivity contribution >= 4 is 11.5 Å². The Labute approximate surface area is 164 Å². The van der Waals surface area contributed by atoms with E-state index in [1.807, 2.05) is 0 Å². The fourth-order valence-corrected chi connectivity index (χ4v) is 6.00. The topological polar surface area (TPSA) is 63.4 Å². The van der Waals surface area contributed by atoms with Crippen molar-refractivity contribution in [3.05, 3.63) is 17.8 Å². The zero-order valence-electron chi connectivity index (χ0n) is 17.4. The minimum absolute atomic E-state index is 0.0596. The van der Waals surface area contributed by atoms with E-state index in [-0.39, 0.29) is 11.6 Å². The highest BCUT2D eigenvalue weighted by Crippen LogP contribution is 2.47. The number of nitrogens with zero attached hydrogens (tertiary/aromatic N) is 2. The predicted molar refractivity (Wildman–Crippen MR) is 111 cm³/mol. The summed E-state index contributed by atoms with van der Waals surface area (Å²) >= 11 is 0. The molecule has 6 unspecified atom stereocenters. The smallest absolute Gasteiger partial charge is 0.129 e. The molecular formula is C22H36N4O. The molecule has 5 nitrogen and oxygen atoms in total. The van der Waals surface area contributed by atoms with Gasteiger partial charge in [0.1, 0.15) is 5.82 Å². The van der Waals surface area contributed by atoms with Crippen LogP contribution in [0.3, 0.4) is 0 Å². The number of rotatable bonds is 3. The minimum Gasteiger partial charge on any atom is -0.380 e. The first-order chi connectivity index (χ1) is 12.8. The molecule has 0 aromatic carbocycles. The number of fused-ring (bicyclic) bond motifs is 2. The lowest BCUT2D eigenvalue weighted by molar-refractivity contribution is 0.0529. The molecule has 1 aromatic rings. The highest BCUT2D eigenvalue weighted by Gasteiger charge is 2.46. The molecule has 0 amide bonds. The van der Waals surface area contributed by atoms with Crippen LogP contribution in [0.4, 0.5) is 11.5 Å². The van der Waals surface area contributed by atoms with E-state index in [1.165, 1.54) is 18.5 Å². The molecule has 0 spiro atoms. The summed E-state index contributed by atoms with van der Waals surface area (Å²) in [6, 6.07) is 4.89. The van der Waals surface area contributed by atoms with Crippen molar-refractivity contribution in [3.8, 4) is 0 Å². The number of aryl methyl sites for hydroxylation is 1. The van der Waals surface area contributed by atoms with E-state index in [0.717, 1.165) is 50.0 Å². The van der Waals surface area contributed by atoms with E-state index in [0.29, 0.717) is 17.9 Å². The largest absolute Gasteiger partial charge is 0.380 e. The number of anilines is 2. The van der Waals surface area contributed by atoms with Crippen LogP contribution in [0, 0.1) is 24.7 Å². The van der Waals surface area contributed by atoms with Crippen LogP contribution in [0.15, 0.2) is 12.1 Å². The van der Waals surface area contributed by atoms with Crippen molar-refractivity contribution in [1.82, 2.24) is 4.98 Å². The Hall–Kier alpha value is -1.33. The molecule has 3 fully saturated rings. The number of hydrogen-bond donors (Lipinski definition) is 2. The molecular weight excluding hydrogens is 336 g/mol. The molecule has 1 aromatic heterocycles. The predicted octanol–water partition coefficient (Wildman–Crippen LogP) is 3.57. The van der Waals surface area contributed by atoms with E-state index in [4.69, 9.17) is 15.5 Å². The van der Waals surface area contributed by atoms with Crippen molar-refractivity contribution in [2.45, 2.75) is 71.1 Å². The van der Waals surface area contributed by atoms with Crippen molar-refractivity contribution in [2.75, 3.05) is 29.9 Å². The third kappa shape index (κ3) is 3.95. The van der Waals surface area contributed by atoms with Crippen LogP contribution in [-0.2, 0) is 4.74 Å². The average molecular weight is 373 g/mol. The molecule has 2 bridgehead atoms. The van der Waals surface area contributed by atoms with E-state index in [2.05, 4.69) is 50.0 Å². The molecule has 2 heterocycles. The SMILES string of the molecule is Cc1nc(N2CCOC(C)C2)ccc1NC1C(C)CC2(N)CC(C)CC1C2. The van der Waals surface area contributed by atoms with Crippen LogP contribution in [-0.4, -0.2) is 42.4 Å². The van der Waals surface area contributed by atoms with Crippen LogP contribution >= 0.6 is 0 Å². The summed E-state index contributed by atoms with van der Waals surface area (Å²) in [5.41, 5.74) is 9.05. The van der Waals surface area contributed by atoms with Crippen molar-refractivity contribution in [1.29, 1.82) is 0 Å². The van der Waals surface area contributed by atoms with Gasteiger partial charge >= 0.3 is 0 Å². The number of pyridine rings is 1. The van der Waals surface area contributed by atoms with Crippen molar-refractivity contribution in [2.24, 2.45) is 23.5 Å². The van der Waals surface area contributed by atoms with Gasteiger partial charge < -0.3 is 20.7 Å². The Morgan fingerprint density at radius 2 is 2.04 bits per heavy atom. The first kappa shape index (κ1) is 19.0. The zero-order chi connectivity index (χ0) is 19.2. The van der Waals surface area contributed by atoms with E-state index >= 15 is 0 Å². The van der Waals surface area contributed by atoms with Gasteiger partial charge in [0.25, 0.3) is 0 Å². The number of hydrogen-bond acceptors (Lipinski definition) is 5. The molecule has 5 heteroatoms. The summed E-state index contributed by atoms with van der Waals surface area (Å²) in [5, 5.41) is 3.87. The maximum absolute atomic E-state index is 6.72. The van der Waals surface area contributed by atoms with Crippen LogP contribution in [0.5, 0.6) is 0 Å². The molecule has 150 valence electrons. The monoisotopic (exact) mass is 372 g/mol. The van der Waals surface area contributed by atoms with Gasteiger partial charge in [-0.15, -0.1) is 0 Å². The van der Waals surface area contributed by atoms with Crippen LogP contribution in [0.2, 0.25) is 0 Å². The van der Waals surface area contributed by atoms with Crippen molar-refractivity contribution < 1.29 is 4.74 Å². The Balaban J connectivity index is 1.49. The zero-order valence-corrected chi connectivity index (χ0v) is 17.4. The van der Waals surface area contributed by atoms with Crippen LogP contribution < -0.4 is 16.0 Å². The normalized spacial score (nSPS) is 39.3. The number of aromatic nitrogens is 1. The van der Waals surface area contributed by atoms with Crippen LogP contribution in [0.25, 0.3) is 0 Å². The Morgan fingerprint density at radius 1 is 1.22 bits per heavy atom. The van der Waals surface area contributed by atoms with Gasteiger partial charge in [0, 0.05) is 24.7 Å². The third-order valence-corrected chi connectivity index (χ3v) is 6.94. The molecule has 1 aliphatic heterocycles. The first-order valence-electron chi connectivity index (χ1n) is 10.7. The van der Waals surface area contributed by atoms with Gasteiger partial charge in [0.15, 0.2) is 0 Å². The number of morpholine rings is 1. The lowest BCUT2D eigenvalue weighted by atomic mass is 9.59. The summed E-state index contributed by atoms with van der Waals surface area (Å²) in [7, 11) is 0. The van der Waals surface area contributed by atoms with Gasteiger partial charge in [-0.3, -0.25) is 0 Å². The Morgan fingerprint density at radius 3 is 2.78 bits per heavy atom. The highest BCUT2D eigenvalue weighted by molar-refractivity contribution is 5.54. The molecule has 3 aliphatic rings. The molecule has 4 rings (SSSR count). The van der Waals surface area contributed by atoms with Gasteiger partial charge in [0.2, 0.25) is 0 Å². The van der Waals surface area contributed by atoms with Gasteiger partial charge in [-0.2, -0.15) is 0 Å². The maximum Gasteiger partial charge on any atom is 0.129 e. The van der Waals surface area contributed by atoms with Crippen molar-refractivity contribution in [3.63, 3.8) is 0 Å². The number of nitrogens with one attached hydrogen (secondary N) is 1. The summed E-state index contributed by atoms with van der Waals surface area (Å²) in [4.78, 5) is 7.25. The van der Waals surface area contributed by atoms with E-state index < -0.39 is 0 Å². The van der Waals surface area contributed by atoms with Gasteiger partial charge in [0.05, 0.1) is 24.1 Å². The first-order valence-corrected chi connectivity index (χ1v) is 10.7. The summed E-state index contributed by atoms with van der Waals surface area (Å²) in [6.45, 7) is 11.6. The summed E-state index contributed by atoms with van der Waals surface area (Å²) < 4.78 is 5.66. The van der Waals surface area contributed by atoms with E-state index in [9.17, 15) is 0 Å². The number of nitrogens with two attached hydrogens (primary N) is 1. The van der Waals surface area contributed by atoms with E-state index in [1.54, 1.807) is 0 Å². The Bertz CT molecular complexity index is 676. The lowest BCUT2D eigenvalue weighted by Crippen LogP contribution is -2.57. The second-order valence-electron chi connectivity index (χ2n) is 9.65. The Kier molecular flexibility index (Phi) is 5.10. The summed E-state index contributed by atoms with van der Waals surface area (Å²) in [5.74, 6) is 3.06. The molecule has 2 saturated carbocycles. The second kappa shape index (κ2) is 7.25. The molecule has 27 heavy (non-hydrogen) atoms. The molecule has 2 aliphatic carbocycles. The maximum atomic E-state index is 6.72. The lowest BCUT2D eigenvalue weighted by Gasteiger charge is -2.52.